The summed E-state index contributed by atoms with van der Waals surface area (Å²) in [6.07, 6.45) is 12.9. The molecule has 0 aromatic heterocycles. The summed E-state index contributed by atoms with van der Waals surface area (Å²) in [5.74, 6) is 3.12. The van der Waals surface area contributed by atoms with Gasteiger partial charge in [0.25, 0.3) is 0 Å². The van der Waals surface area contributed by atoms with Gasteiger partial charge in [0.1, 0.15) is 0 Å². The second-order valence-corrected chi connectivity index (χ2v) is 11.0. The Balaban J connectivity index is 1.14. The molecule has 4 bridgehead atoms. The van der Waals surface area contributed by atoms with E-state index in [1.165, 1.54) is 50.6 Å². The number of nitrogens with zero attached hydrogens (tertiary/aromatic N) is 1. The molecule has 0 amide bonds. The van der Waals surface area contributed by atoms with Crippen LogP contribution in [0, 0.1) is 23.2 Å². The molecular formula is C29H36N2O. The molecule has 0 saturated heterocycles. The number of hydrogen-bond donors (Lipinski definition) is 1. The first kappa shape index (κ1) is 21.5. The van der Waals surface area contributed by atoms with Crippen LogP contribution in [0.4, 0.5) is 5.69 Å². The molecule has 0 aliphatic heterocycles. The number of para-hydroxylation sites is 1. The molecule has 3 nitrogen and oxygen atoms in total. The number of ketones is 1. The molecule has 2 aromatic carbocycles. The third-order valence-corrected chi connectivity index (χ3v) is 8.08. The van der Waals surface area contributed by atoms with Gasteiger partial charge in [-0.2, -0.15) is 0 Å². The van der Waals surface area contributed by atoms with Crippen LogP contribution in [0.5, 0.6) is 0 Å². The van der Waals surface area contributed by atoms with Crippen LogP contribution in [0.3, 0.4) is 0 Å². The maximum absolute atomic E-state index is 12.3. The Bertz CT molecular complexity index is 955. The Labute approximate surface area is 192 Å². The van der Waals surface area contributed by atoms with Gasteiger partial charge < -0.3 is 10.6 Å². The Kier molecular flexibility index (Phi) is 5.94. The van der Waals surface area contributed by atoms with Gasteiger partial charge in [0.05, 0.1) is 0 Å². The van der Waals surface area contributed by atoms with Crippen LogP contribution in [-0.2, 0) is 17.8 Å². The fourth-order valence-corrected chi connectivity index (χ4v) is 7.29. The van der Waals surface area contributed by atoms with Crippen LogP contribution in [0.1, 0.15) is 55.2 Å². The predicted octanol–water partition coefficient (Wildman–Crippen LogP) is 5.74. The minimum atomic E-state index is 0.0716. The number of anilines is 1. The minimum absolute atomic E-state index is 0.0716. The van der Waals surface area contributed by atoms with Gasteiger partial charge in [-0.25, -0.2) is 0 Å². The van der Waals surface area contributed by atoms with E-state index in [1.54, 1.807) is 6.08 Å². The van der Waals surface area contributed by atoms with Crippen LogP contribution < -0.4 is 5.73 Å². The number of rotatable bonds is 8. The van der Waals surface area contributed by atoms with Gasteiger partial charge in [-0.3, -0.25) is 4.79 Å². The fourth-order valence-electron chi connectivity index (χ4n) is 7.29. The number of allylic oxidation sites excluding steroid dienone is 1. The van der Waals surface area contributed by atoms with Crippen LogP contribution in [0.25, 0.3) is 6.08 Å². The van der Waals surface area contributed by atoms with E-state index in [-0.39, 0.29) is 5.78 Å². The highest BCUT2D eigenvalue weighted by Crippen LogP contribution is 2.60. The van der Waals surface area contributed by atoms with Gasteiger partial charge in [-0.15, -0.1) is 0 Å². The van der Waals surface area contributed by atoms with Crippen molar-refractivity contribution in [1.82, 2.24) is 4.90 Å². The molecule has 168 valence electrons. The summed E-state index contributed by atoms with van der Waals surface area (Å²) >= 11 is 0. The zero-order valence-corrected chi connectivity index (χ0v) is 19.3. The normalized spacial score (nSPS) is 28.6. The lowest BCUT2D eigenvalue weighted by molar-refractivity contribution is -0.113. The van der Waals surface area contributed by atoms with E-state index in [2.05, 4.69) is 36.2 Å². The van der Waals surface area contributed by atoms with E-state index >= 15 is 0 Å². The van der Waals surface area contributed by atoms with E-state index in [1.807, 2.05) is 30.3 Å². The summed E-state index contributed by atoms with van der Waals surface area (Å²) in [7, 11) is 2.29. The van der Waals surface area contributed by atoms with Gasteiger partial charge in [-0.1, -0.05) is 48.5 Å². The zero-order valence-electron chi connectivity index (χ0n) is 19.3. The van der Waals surface area contributed by atoms with Crippen molar-refractivity contribution in [3.05, 3.63) is 71.3 Å². The summed E-state index contributed by atoms with van der Waals surface area (Å²) in [4.78, 5) is 14.9. The summed E-state index contributed by atoms with van der Waals surface area (Å²) < 4.78 is 0. The second kappa shape index (κ2) is 8.86. The van der Waals surface area contributed by atoms with Gasteiger partial charge in [0.2, 0.25) is 0 Å². The molecule has 0 heterocycles. The van der Waals surface area contributed by atoms with Crippen molar-refractivity contribution >= 4 is 17.5 Å². The standard InChI is InChI=1S/C29H36N2O/c1-31(20-29-16-23-12-24(17-29)14-25(13-23)18-29)19-22-8-6-21(7-9-22)10-11-27(32)15-26-4-2-3-5-28(26)30/h2-11,23-25H,12-20,30H2,1H3/b11-10+. The first-order valence-electron chi connectivity index (χ1n) is 12.3. The van der Waals surface area contributed by atoms with Crippen molar-refractivity contribution in [1.29, 1.82) is 0 Å². The molecule has 0 atom stereocenters. The van der Waals surface area contributed by atoms with Crippen LogP contribution in [0.15, 0.2) is 54.6 Å². The molecule has 32 heavy (non-hydrogen) atoms. The van der Waals surface area contributed by atoms with Crippen LogP contribution >= 0.6 is 0 Å². The number of carbonyl (C=O) groups is 1. The Morgan fingerprint density at radius 1 is 1.00 bits per heavy atom. The Morgan fingerprint density at radius 3 is 2.25 bits per heavy atom. The number of benzene rings is 2. The zero-order chi connectivity index (χ0) is 22.1. The van der Waals surface area contributed by atoms with E-state index < -0.39 is 0 Å². The van der Waals surface area contributed by atoms with Crippen molar-refractivity contribution in [2.45, 2.75) is 51.5 Å². The third kappa shape index (κ3) is 4.83. The largest absolute Gasteiger partial charge is 0.398 e. The van der Waals surface area contributed by atoms with Crippen LogP contribution in [-0.4, -0.2) is 24.3 Å². The van der Waals surface area contributed by atoms with Crippen molar-refractivity contribution < 1.29 is 4.79 Å². The molecule has 4 aliphatic carbocycles. The van der Waals surface area contributed by atoms with Gasteiger partial charge >= 0.3 is 0 Å². The topological polar surface area (TPSA) is 46.3 Å². The first-order chi connectivity index (χ1) is 15.5. The Hall–Kier alpha value is -2.39. The lowest BCUT2D eigenvalue weighted by Gasteiger charge is -2.57. The molecule has 0 radical (unpaired) electrons. The third-order valence-electron chi connectivity index (χ3n) is 8.08. The average molecular weight is 429 g/mol. The highest BCUT2D eigenvalue weighted by atomic mass is 16.1. The quantitative estimate of drug-likeness (QED) is 0.431. The van der Waals surface area contributed by atoms with Gasteiger partial charge in [-0.05, 0) is 97.6 Å². The summed E-state index contributed by atoms with van der Waals surface area (Å²) in [5.41, 5.74) is 10.5. The maximum atomic E-state index is 12.3. The van der Waals surface area contributed by atoms with E-state index in [0.29, 0.717) is 17.5 Å². The minimum Gasteiger partial charge on any atom is -0.398 e. The summed E-state index contributed by atoms with van der Waals surface area (Å²) in [6.45, 7) is 2.24. The van der Waals surface area contributed by atoms with Gasteiger partial charge in [0.15, 0.2) is 5.78 Å². The highest BCUT2D eigenvalue weighted by molar-refractivity contribution is 5.95. The maximum Gasteiger partial charge on any atom is 0.160 e. The van der Waals surface area contributed by atoms with E-state index in [0.717, 1.165) is 35.4 Å². The molecule has 2 aromatic rings. The van der Waals surface area contributed by atoms with E-state index in [4.69, 9.17) is 5.73 Å². The SMILES string of the molecule is CN(Cc1ccc(/C=C/C(=O)Cc2ccccc2N)cc1)CC12CC3CC(CC(C3)C1)C2. The second-order valence-electron chi connectivity index (χ2n) is 11.0. The van der Waals surface area contributed by atoms with Gasteiger partial charge in [0, 0.05) is 25.2 Å². The number of nitrogen functional groups attached to an aromatic ring is 1. The van der Waals surface area contributed by atoms with Crippen molar-refractivity contribution in [3.8, 4) is 0 Å². The smallest absolute Gasteiger partial charge is 0.160 e. The van der Waals surface area contributed by atoms with Crippen molar-refractivity contribution in [2.75, 3.05) is 19.3 Å². The summed E-state index contributed by atoms with van der Waals surface area (Å²) in [6, 6.07) is 16.2. The fraction of sp³-hybridized carbons (Fsp3) is 0.483. The lowest BCUT2D eigenvalue weighted by atomic mass is 9.49. The highest BCUT2D eigenvalue weighted by Gasteiger charge is 2.50. The molecule has 4 fully saturated rings. The summed E-state index contributed by atoms with van der Waals surface area (Å²) in [5, 5.41) is 0. The molecule has 4 saturated carbocycles. The van der Waals surface area contributed by atoms with Crippen molar-refractivity contribution in [2.24, 2.45) is 23.2 Å². The molecule has 6 rings (SSSR count). The molecule has 0 spiro atoms. The molecule has 3 heteroatoms. The molecule has 0 unspecified atom stereocenters. The first-order valence-corrected chi connectivity index (χ1v) is 12.3. The monoisotopic (exact) mass is 428 g/mol. The average Bonchev–Trinajstić information content (AvgIpc) is 2.73. The van der Waals surface area contributed by atoms with Crippen LogP contribution in [0.2, 0.25) is 0 Å². The number of hydrogen-bond acceptors (Lipinski definition) is 3. The molecule has 4 aliphatic rings. The molecular weight excluding hydrogens is 392 g/mol. The lowest BCUT2D eigenvalue weighted by Crippen LogP contribution is -2.50. The number of carbonyl (C=O) groups excluding carboxylic acids is 1. The van der Waals surface area contributed by atoms with Crippen molar-refractivity contribution in [3.63, 3.8) is 0 Å². The van der Waals surface area contributed by atoms with E-state index in [9.17, 15) is 4.79 Å². The molecule has 2 N–H and O–H groups in total. The Morgan fingerprint density at radius 2 is 1.62 bits per heavy atom. The predicted molar refractivity (Wildman–Crippen MR) is 132 cm³/mol. The number of nitrogens with two attached hydrogens (primary N) is 1.